The van der Waals surface area contributed by atoms with Gasteiger partial charge in [0.2, 0.25) is 11.8 Å². The molecule has 1 aromatic rings. The summed E-state index contributed by atoms with van der Waals surface area (Å²) in [6.07, 6.45) is -4.12. The Labute approximate surface area is 138 Å². The third kappa shape index (κ3) is 4.70. The van der Waals surface area contributed by atoms with Gasteiger partial charge in [0.25, 0.3) is 0 Å². The van der Waals surface area contributed by atoms with Crippen molar-refractivity contribution < 1.29 is 27.5 Å². The lowest BCUT2D eigenvalue weighted by molar-refractivity contribution is -0.175. The second kappa shape index (κ2) is 7.65. The molecule has 0 radical (unpaired) electrons. The Morgan fingerprint density at radius 1 is 1.33 bits per heavy atom. The van der Waals surface area contributed by atoms with Crippen molar-refractivity contribution in [3.63, 3.8) is 0 Å². The van der Waals surface area contributed by atoms with Crippen LogP contribution in [0.5, 0.6) is 0 Å². The van der Waals surface area contributed by atoms with Gasteiger partial charge in [0.05, 0.1) is 13.0 Å². The Balaban J connectivity index is 1.85. The molecule has 0 N–H and O–H groups in total. The fourth-order valence-corrected chi connectivity index (χ4v) is 2.59. The molecule has 132 valence electrons. The zero-order chi connectivity index (χ0) is 17.7. The molecule has 2 rings (SSSR count). The number of rotatable bonds is 6. The molecule has 8 heteroatoms. The SMILES string of the molecule is CN(C(=O)CCOCC(F)(F)F)[C@H]1CCN(c2ccccc2)C1=O. The first-order valence-corrected chi connectivity index (χ1v) is 7.56. The first-order valence-electron chi connectivity index (χ1n) is 7.56. The number of amides is 2. The van der Waals surface area contributed by atoms with Crippen molar-refractivity contribution in [3.8, 4) is 0 Å². The number of anilines is 1. The predicted octanol–water partition coefficient (Wildman–Crippen LogP) is 2.22. The maximum atomic E-state index is 12.5. The number of hydrogen-bond acceptors (Lipinski definition) is 3. The number of benzene rings is 1. The molecule has 1 saturated heterocycles. The number of carbonyl (C=O) groups excluding carboxylic acids is 2. The number of ether oxygens (including phenoxy) is 1. The fourth-order valence-electron chi connectivity index (χ4n) is 2.59. The molecular formula is C16H19F3N2O3. The third-order valence-electron chi connectivity index (χ3n) is 3.83. The first-order chi connectivity index (χ1) is 11.3. The summed E-state index contributed by atoms with van der Waals surface area (Å²) in [5.41, 5.74) is 0.763. The minimum Gasteiger partial charge on any atom is -0.372 e. The number of para-hydroxylation sites is 1. The Hall–Kier alpha value is -2.09. The standard InChI is InChI=1S/C16H19F3N2O3/c1-20(14(22)8-10-24-11-16(17,18)19)13-7-9-21(15(13)23)12-5-3-2-4-6-12/h2-6,13H,7-11H2,1H3/t13-/m0/s1. The lowest BCUT2D eigenvalue weighted by atomic mass is 10.2. The van der Waals surface area contributed by atoms with Gasteiger partial charge in [0.1, 0.15) is 12.6 Å². The van der Waals surface area contributed by atoms with E-state index in [1.54, 1.807) is 4.90 Å². The Kier molecular flexibility index (Phi) is 5.82. The molecule has 1 heterocycles. The molecular weight excluding hydrogens is 325 g/mol. The van der Waals surface area contributed by atoms with Crippen LogP contribution >= 0.6 is 0 Å². The van der Waals surface area contributed by atoms with Gasteiger partial charge >= 0.3 is 6.18 Å². The van der Waals surface area contributed by atoms with Crippen molar-refractivity contribution in [1.82, 2.24) is 4.90 Å². The van der Waals surface area contributed by atoms with Crippen molar-refractivity contribution in [2.24, 2.45) is 0 Å². The number of hydrogen-bond donors (Lipinski definition) is 0. The number of halogens is 3. The molecule has 1 fully saturated rings. The molecule has 0 aromatic heterocycles. The average Bonchev–Trinajstić information content (AvgIpc) is 2.92. The summed E-state index contributed by atoms with van der Waals surface area (Å²) in [5.74, 6) is -0.598. The van der Waals surface area contributed by atoms with E-state index >= 15 is 0 Å². The lowest BCUT2D eigenvalue weighted by Crippen LogP contribution is -2.43. The predicted molar refractivity (Wildman–Crippen MR) is 81.5 cm³/mol. The van der Waals surface area contributed by atoms with E-state index in [-0.39, 0.29) is 18.9 Å². The van der Waals surface area contributed by atoms with Crippen molar-refractivity contribution in [1.29, 1.82) is 0 Å². The smallest absolute Gasteiger partial charge is 0.372 e. The molecule has 2 amide bonds. The molecule has 5 nitrogen and oxygen atoms in total. The van der Waals surface area contributed by atoms with Crippen LogP contribution in [0.1, 0.15) is 12.8 Å². The molecule has 0 unspecified atom stereocenters. The van der Waals surface area contributed by atoms with E-state index in [2.05, 4.69) is 4.74 Å². The summed E-state index contributed by atoms with van der Waals surface area (Å²) < 4.78 is 40.3. The van der Waals surface area contributed by atoms with Gasteiger partial charge in [-0.3, -0.25) is 9.59 Å². The van der Waals surface area contributed by atoms with E-state index in [0.717, 1.165) is 5.69 Å². The second-order valence-corrected chi connectivity index (χ2v) is 5.55. The van der Waals surface area contributed by atoms with Crippen molar-refractivity contribution in [3.05, 3.63) is 30.3 Å². The van der Waals surface area contributed by atoms with E-state index in [1.807, 2.05) is 30.3 Å². The quantitative estimate of drug-likeness (QED) is 0.744. The number of carbonyl (C=O) groups is 2. The van der Waals surface area contributed by atoms with E-state index in [0.29, 0.717) is 13.0 Å². The highest BCUT2D eigenvalue weighted by Gasteiger charge is 2.37. The van der Waals surface area contributed by atoms with Gasteiger partial charge in [-0.15, -0.1) is 0 Å². The van der Waals surface area contributed by atoms with Crippen molar-refractivity contribution in [2.75, 3.05) is 31.7 Å². The highest BCUT2D eigenvalue weighted by Crippen LogP contribution is 2.24. The average molecular weight is 344 g/mol. The van der Waals surface area contributed by atoms with Crippen LogP contribution in [0.4, 0.5) is 18.9 Å². The highest BCUT2D eigenvalue weighted by atomic mass is 19.4. The van der Waals surface area contributed by atoms with E-state index in [1.165, 1.54) is 11.9 Å². The topological polar surface area (TPSA) is 49.9 Å². The van der Waals surface area contributed by atoms with Crippen LogP contribution in [0.15, 0.2) is 30.3 Å². The molecule has 0 saturated carbocycles. The molecule has 24 heavy (non-hydrogen) atoms. The number of alkyl halides is 3. The normalized spacial score (nSPS) is 18.1. The summed E-state index contributed by atoms with van der Waals surface area (Å²) in [6, 6.07) is 8.52. The molecule has 0 spiro atoms. The van der Waals surface area contributed by atoms with E-state index in [9.17, 15) is 22.8 Å². The van der Waals surface area contributed by atoms with E-state index < -0.39 is 24.7 Å². The van der Waals surface area contributed by atoms with Gasteiger partial charge in [-0.25, -0.2) is 0 Å². The fraction of sp³-hybridized carbons (Fsp3) is 0.500. The van der Waals surface area contributed by atoms with Crippen LogP contribution in [0.3, 0.4) is 0 Å². The molecule has 0 bridgehead atoms. The lowest BCUT2D eigenvalue weighted by Gasteiger charge is -2.24. The molecule has 1 atom stereocenters. The van der Waals surface area contributed by atoms with Crippen LogP contribution < -0.4 is 4.90 Å². The van der Waals surface area contributed by atoms with Gasteiger partial charge in [-0.2, -0.15) is 13.2 Å². The molecule has 0 aliphatic carbocycles. The van der Waals surface area contributed by atoms with Gasteiger partial charge < -0.3 is 14.5 Å². The molecule has 1 aliphatic rings. The molecule has 1 aliphatic heterocycles. The summed E-state index contributed by atoms with van der Waals surface area (Å²) in [4.78, 5) is 27.4. The summed E-state index contributed by atoms with van der Waals surface area (Å²) in [7, 11) is 1.49. The van der Waals surface area contributed by atoms with Crippen LogP contribution in [0, 0.1) is 0 Å². The maximum Gasteiger partial charge on any atom is 0.411 e. The van der Waals surface area contributed by atoms with Crippen molar-refractivity contribution in [2.45, 2.75) is 25.1 Å². The number of nitrogens with zero attached hydrogens (tertiary/aromatic N) is 2. The Morgan fingerprint density at radius 3 is 2.62 bits per heavy atom. The second-order valence-electron chi connectivity index (χ2n) is 5.55. The zero-order valence-electron chi connectivity index (χ0n) is 13.3. The van der Waals surface area contributed by atoms with Gasteiger partial charge in [0.15, 0.2) is 0 Å². The van der Waals surface area contributed by atoms with Crippen molar-refractivity contribution >= 4 is 17.5 Å². The van der Waals surface area contributed by atoms with Gasteiger partial charge in [-0.05, 0) is 18.6 Å². The summed E-state index contributed by atoms with van der Waals surface area (Å²) >= 11 is 0. The van der Waals surface area contributed by atoms with Crippen LogP contribution in [0.25, 0.3) is 0 Å². The summed E-state index contributed by atoms with van der Waals surface area (Å²) in [5, 5.41) is 0. The minimum absolute atomic E-state index is 0.187. The highest BCUT2D eigenvalue weighted by molar-refractivity contribution is 6.01. The number of likely N-dealkylation sites (N-methyl/N-ethyl adjacent to an activating group) is 1. The van der Waals surface area contributed by atoms with Gasteiger partial charge in [-0.1, -0.05) is 18.2 Å². The summed E-state index contributed by atoms with van der Waals surface area (Å²) in [6.45, 7) is -1.21. The third-order valence-corrected chi connectivity index (χ3v) is 3.83. The van der Waals surface area contributed by atoms with Crippen LogP contribution in [-0.4, -0.2) is 55.7 Å². The minimum atomic E-state index is -4.41. The van der Waals surface area contributed by atoms with E-state index in [4.69, 9.17) is 0 Å². The zero-order valence-corrected chi connectivity index (χ0v) is 13.3. The monoisotopic (exact) mass is 344 g/mol. The Morgan fingerprint density at radius 2 is 2.00 bits per heavy atom. The van der Waals surface area contributed by atoms with Crippen LogP contribution in [0.2, 0.25) is 0 Å². The maximum absolute atomic E-state index is 12.5. The van der Waals surface area contributed by atoms with Gasteiger partial charge in [0, 0.05) is 19.3 Å². The molecule has 1 aromatic carbocycles. The van der Waals surface area contributed by atoms with Crippen LogP contribution in [-0.2, 0) is 14.3 Å². The largest absolute Gasteiger partial charge is 0.411 e. The first kappa shape index (κ1) is 18.3. The Bertz CT molecular complexity index is 578.